The molecule has 0 N–H and O–H groups in total. The summed E-state index contributed by atoms with van der Waals surface area (Å²) in [5.74, 6) is 0.540. The molecule has 4 rings (SSSR count). The fraction of sp³-hybridized carbons (Fsp3) is 0.632. The zero-order valence-corrected chi connectivity index (χ0v) is 16.3. The van der Waals surface area contributed by atoms with Crippen LogP contribution in [0, 0.1) is 0 Å². The van der Waals surface area contributed by atoms with Gasteiger partial charge in [-0.2, -0.15) is 0 Å². The van der Waals surface area contributed by atoms with Crippen molar-refractivity contribution < 1.29 is 14.3 Å². The van der Waals surface area contributed by atoms with Crippen molar-refractivity contribution in [2.75, 3.05) is 51.9 Å². The second kappa shape index (κ2) is 7.09. The van der Waals surface area contributed by atoms with Crippen molar-refractivity contribution >= 4 is 23.1 Å². The predicted molar refractivity (Wildman–Crippen MR) is 102 cm³/mol. The van der Waals surface area contributed by atoms with E-state index in [1.54, 1.807) is 12.3 Å². The Morgan fingerprint density at radius 2 is 2.11 bits per heavy atom. The third kappa shape index (κ3) is 3.06. The molecule has 8 heteroatoms. The number of esters is 1. The summed E-state index contributed by atoms with van der Waals surface area (Å²) in [7, 11) is 3.59. The average Bonchev–Trinajstić information content (AvgIpc) is 3.08. The van der Waals surface area contributed by atoms with Gasteiger partial charge in [0, 0.05) is 51.1 Å². The van der Waals surface area contributed by atoms with E-state index in [9.17, 15) is 4.79 Å². The number of ether oxygens (including phenoxy) is 2. The monoisotopic (exact) mass is 373 g/mol. The zero-order chi connectivity index (χ0) is 19.0. The number of imidazole rings is 1. The molecular weight excluding hydrogens is 346 g/mol. The second-order valence-corrected chi connectivity index (χ2v) is 7.39. The van der Waals surface area contributed by atoms with Crippen LogP contribution in [0.2, 0.25) is 0 Å². The number of rotatable bonds is 3. The molecule has 0 bridgehead atoms. The van der Waals surface area contributed by atoms with Crippen LogP contribution in [-0.4, -0.2) is 77.9 Å². The van der Waals surface area contributed by atoms with Crippen molar-refractivity contribution in [2.45, 2.75) is 31.8 Å². The van der Waals surface area contributed by atoms with Gasteiger partial charge in [-0.15, -0.1) is 0 Å². The van der Waals surface area contributed by atoms with Gasteiger partial charge < -0.3 is 14.4 Å². The number of nitrogens with zero attached hydrogens (tertiary/aromatic N) is 5. The lowest BCUT2D eigenvalue weighted by atomic mass is 9.86. The Morgan fingerprint density at radius 3 is 2.81 bits per heavy atom. The molecule has 0 aliphatic carbocycles. The van der Waals surface area contributed by atoms with Gasteiger partial charge in [0.2, 0.25) is 5.95 Å². The van der Waals surface area contributed by atoms with Gasteiger partial charge in [-0.05, 0) is 32.9 Å². The molecule has 2 aliphatic heterocycles. The first-order valence-electron chi connectivity index (χ1n) is 9.56. The van der Waals surface area contributed by atoms with Gasteiger partial charge in [-0.25, -0.2) is 14.8 Å². The maximum absolute atomic E-state index is 11.8. The molecule has 146 valence electrons. The van der Waals surface area contributed by atoms with E-state index in [0.29, 0.717) is 5.56 Å². The fourth-order valence-electron chi connectivity index (χ4n) is 4.29. The highest BCUT2D eigenvalue weighted by Crippen LogP contribution is 2.33. The van der Waals surface area contributed by atoms with Gasteiger partial charge >= 0.3 is 5.97 Å². The number of pyridine rings is 1. The van der Waals surface area contributed by atoms with Crippen molar-refractivity contribution in [2.24, 2.45) is 0 Å². The Morgan fingerprint density at radius 1 is 1.33 bits per heavy atom. The number of likely N-dealkylation sites (N-methyl/N-ethyl adjacent to an activating group) is 1. The number of aryl methyl sites for hydroxylation is 1. The predicted octanol–water partition coefficient (Wildman–Crippen LogP) is 1.54. The number of hydrogen-bond donors (Lipinski definition) is 0. The van der Waals surface area contributed by atoms with E-state index < -0.39 is 5.97 Å². The van der Waals surface area contributed by atoms with Gasteiger partial charge in [0.05, 0.1) is 12.7 Å². The van der Waals surface area contributed by atoms with Crippen LogP contribution in [0.25, 0.3) is 11.2 Å². The van der Waals surface area contributed by atoms with Crippen LogP contribution in [0.1, 0.15) is 30.1 Å². The summed E-state index contributed by atoms with van der Waals surface area (Å²) in [5, 5.41) is 0. The van der Waals surface area contributed by atoms with Crippen LogP contribution in [0.5, 0.6) is 0 Å². The maximum Gasteiger partial charge on any atom is 0.339 e. The standard InChI is InChI=1S/C19H27N5O3/c1-4-24-16-15(11-14(12-20-16)17(25)26-3)21-18(24)23-8-7-22(2)19(13-23)5-9-27-10-6-19/h11-12H,4-10,13H2,1-3H3. The lowest BCUT2D eigenvalue weighted by molar-refractivity contribution is -0.0223. The number of fused-ring (bicyclic) bond motifs is 1. The first kappa shape index (κ1) is 18.2. The third-order valence-corrected chi connectivity index (χ3v) is 6.01. The molecule has 2 fully saturated rings. The maximum atomic E-state index is 11.8. The van der Waals surface area contributed by atoms with Crippen LogP contribution in [-0.2, 0) is 16.0 Å². The largest absolute Gasteiger partial charge is 0.465 e. The molecule has 27 heavy (non-hydrogen) atoms. The van der Waals surface area contributed by atoms with Gasteiger partial charge in [0.1, 0.15) is 5.52 Å². The molecule has 0 unspecified atom stereocenters. The van der Waals surface area contributed by atoms with Gasteiger partial charge in [-0.3, -0.25) is 9.47 Å². The smallest absolute Gasteiger partial charge is 0.339 e. The summed E-state index contributed by atoms with van der Waals surface area (Å²) in [6.45, 7) is 7.35. The molecule has 1 spiro atoms. The van der Waals surface area contributed by atoms with E-state index in [0.717, 1.165) is 69.3 Å². The van der Waals surface area contributed by atoms with E-state index in [1.807, 2.05) is 0 Å². The molecule has 8 nitrogen and oxygen atoms in total. The van der Waals surface area contributed by atoms with E-state index in [2.05, 4.69) is 33.3 Å². The lowest BCUT2D eigenvalue weighted by Crippen LogP contribution is -2.63. The summed E-state index contributed by atoms with van der Waals surface area (Å²) >= 11 is 0. The highest BCUT2D eigenvalue weighted by molar-refractivity contribution is 5.92. The molecule has 2 saturated heterocycles. The number of piperazine rings is 1. The minimum absolute atomic E-state index is 0.137. The summed E-state index contributed by atoms with van der Waals surface area (Å²) < 4.78 is 12.5. The minimum atomic E-state index is -0.391. The van der Waals surface area contributed by atoms with Crippen molar-refractivity contribution in [1.29, 1.82) is 0 Å². The number of aromatic nitrogens is 3. The summed E-state index contributed by atoms with van der Waals surface area (Å²) in [4.78, 5) is 26.0. The molecule has 4 heterocycles. The molecule has 0 amide bonds. The molecule has 0 radical (unpaired) electrons. The number of carbonyl (C=O) groups is 1. The lowest BCUT2D eigenvalue weighted by Gasteiger charge is -2.51. The number of anilines is 1. The summed E-state index contributed by atoms with van der Waals surface area (Å²) in [6, 6.07) is 1.77. The normalized spacial score (nSPS) is 20.3. The average molecular weight is 373 g/mol. The highest BCUT2D eigenvalue weighted by atomic mass is 16.5. The Hall–Kier alpha value is -2.19. The topological polar surface area (TPSA) is 72.7 Å². The van der Waals surface area contributed by atoms with E-state index in [4.69, 9.17) is 14.5 Å². The first-order valence-corrected chi connectivity index (χ1v) is 9.56. The molecule has 2 aromatic heterocycles. The second-order valence-electron chi connectivity index (χ2n) is 7.39. The van der Waals surface area contributed by atoms with Gasteiger partial charge in [0.15, 0.2) is 5.65 Å². The Kier molecular flexibility index (Phi) is 4.77. The zero-order valence-electron chi connectivity index (χ0n) is 16.3. The third-order valence-electron chi connectivity index (χ3n) is 6.01. The Labute approximate surface area is 159 Å². The Bertz CT molecular complexity index is 843. The number of hydrogen-bond acceptors (Lipinski definition) is 7. The van der Waals surface area contributed by atoms with Gasteiger partial charge in [-0.1, -0.05) is 0 Å². The Balaban J connectivity index is 1.71. The summed E-state index contributed by atoms with van der Waals surface area (Å²) in [5.41, 5.74) is 2.10. The van der Waals surface area contributed by atoms with Gasteiger partial charge in [0.25, 0.3) is 0 Å². The molecular formula is C19H27N5O3. The van der Waals surface area contributed by atoms with Crippen molar-refractivity contribution in [3.8, 4) is 0 Å². The quantitative estimate of drug-likeness (QED) is 0.756. The first-order chi connectivity index (χ1) is 13.1. The van der Waals surface area contributed by atoms with Crippen LogP contribution < -0.4 is 4.90 Å². The van der Waals surface area contributed by atoms with Crippen molar-refractivity contribution in [3.63, 3.8) is 0 Å². The molecule has 2 aliphatic rings. The number of carbonyl (C=O) groups excluding carboxylic acids is 1. The van der Waals surface area contributed by atoms with E-state index in [-0.39, 0.29) is 5.54 Å². The summed E-state index contributed by atoms with van der Waals surface area (Å²) in [6.07, 6.45) is 3.64. The van der Waals surface area contributed by atoms with Crippen LogP contribution >= 0.6 is 0 Å². The fourth-order valence-corrected chi connectivity index (χ4v) is 4.29. The van der Waals surface area contributed by atoms with Crippen molar-refractivity contribution in [1.82, 2.24) is 19.4 Å². The minimum Gasteiger partial charge on any atom is -0.465 e. The SMILES string of the molecule is CCn1c(N2CCN(C)C3(CCOCC3)C2)nc2cc(C(=O)OC)cnc21. The highest BCUT2D eigenvalue weighted by Gasteiger charge is 2.42. The van der Waals surface area contributed by atoms with Crippen LogP contribution in [0.4, 0.5) is 5.95 Å². The van der Waals surface area contributed by atoms with E-state index in [1.165, 1.54) is 7.11 Å². The van der Waals surface area contributed by atoms with E-state index >= 15 is 0 Å². The van der Waals surface area contributed by atoms with Crippen molar-refractivity contribution in [3.05, 3.63) is 17.8 Å². The molecule has 0 atom stereocenters. The molecule has 2 aromatic rings. The molecule has 0 aromatic carbocycles. The molecule has 0 saturated carbocycles. The van der Waals surface area contributed by atoms with Crippen LogP contribution in [0.3, 0.4) is 0 Å². The van der Waals surface area contributed by atoms with Crippen LogP contribution in [0.15, 0.2) is 12.3 Å². The number of methoxy groups -OCH3 is 1.